The van der Waals surface area contributed by atoms with Crippen LogP contribution in [0.15, 0.2) is 29.4 Å². The molecule has 0 aromatic carbocycles. The quantitative estimate of drug-likeness (QED) is 0.404. The molecule has 0 spiro atoms. The minimum Gasteiger partial charge on any atom is -0.370 e. The Balaban J connectivity index is 0.00000312. The zero-order valence-corrected chi connectivity index (χ0v) is 17.6. The number of aromatic nitrogens is 1. The first kappa shape index (κ1) is 21.5. The summed E-state index contributed by atoms with van der Waals surface area (Å²) in [5.74, 6) is 1.48. The van der Waals surface area contributed by atoms with Crippen LogP contribution in [0.1, 0.15) is 27.2 Å². The first-order valence-corrected chi connectivity index (χ1v) is 8.37. The average Bonchev–Trinajstić information content (AvgIpc) is 2.54. The van der Waals surface area contributed by atoms with Gasteiger partial charge in [0.15, 0.2) is 5.96 Å². The van der Waals surface area contributed by atoms with Gasteiger partial charge in [0.25, 0.3) is 0 Å². The number of hydrogen-bond donors (Lipinski definition) is 2. The highest BCUT2D eigenvalue weighted by molar-refractivity contribution is 14.0. The molecule has 2 rings (SSSR count). The molecule has 1 aromatic rings. The maximum absolute atomic E-state index is 12.3. The Labute approximate surface area is 167 Å². The van der Waals surface area contributed by atoms with Crippen molar-refractivity contribution < 1.29 is 4.79 Å². The van der Waals surface area contributed by atoms with E-state index < -0.39 is 0 Å². The number of halogens is 1. The lowest BCUT2D eigenvalue weighted by Gasteiger charge is -2.35. The van der Waals surface area contributed by atoms with Crippen LogP contribution in [0.2, 0.25) is 0 Å². The zero-order valence-electron chi connectivity index (χ0n) is 15.2. The molecule has 0 bridgehead atoms. The Kier molecular flexibility index (Phi) is 8.40. The van der Waals surface area contributed by atoms with Gasteiger partial charge in [0.1, 0.15) is 5.82 Å². The van der Waals surface area contributed by atoms with Gasteiger partial charge in [-0.1, -0.05) is 6.07 Å². The number of piperazine rings is 1. The van der Waals surface area contributed by atoms with Gasteiger partial charge in [-0.25, -0.2) is 4.98 Å². The highest BCUT2D eigenvalue weighted by Crippen LogP contribution is 2.13. The van der Waals surface area contributed by atoms with Crippen molar-refractivity contribution in [3.8, 4) is 0 Å². The summed E-state index contributed by atoms with van der Waals surface area (Å²) in [5, 5.41) is 3.09. The van der Waals surface area contributed by atoms with Crippen molar-refractivity contribution in [2.24, 2.45) is 10.7 Å². The summed E-state index contributed by atoms with van der Waals surface area (Å²) in [5.41, 5.74) is 5.68. The topological polar surface area (TPSA) is 86.8 Å². The number of nitrogens with zero attached hydrogens (tertiary/aromatic N) is 4. The van der Waals surface area contributed by atoms with Crippen LogP contribution < -0.4 is 16.0 Å². The summed E-state index contributed by atoms with van der Waals surface area (Å²) in [6.07, 6.45) is 2.18. The summed E-state index contributed by atoms with van der Waals surface area (Å²) in [7, 11) is 0. The van der Waals surface area contributed by atoms with Crippen molar-refractivity contribution in [1.82, 2.24) is 15.2 Å². The first-order chi connectivity index (χ1) is 11.3. The Hall–Kier alpha value is -1.58. The molecule has 1 aromatic heterocycles. The zero-order chi connectivity index (χ0) is 17.6. The van der Waals surface area contributed by atoms with Crippen molar-refractivity contribution in [3.05, 3.63) is 24.4 Å². The Morgan fingerprint density at radius 1 is 1.28 bits per heavy atom. The predicted octanol–water partition coefficient (Wildman–Crippen LogP) is 1.44. The van der Waals surface area contributed by atoms with Gasteiger partial charge < -0.3 is 20.9 Å². The first-order valence-electron chi connectivity index (χ1n) is 8.37. The monoisotopic (exact) mass is 460 g/mol. The van der Waals surface area contributed by atoms with E-state index in [9.17, 15) is 4.79 Å². The van der Waals surface area contributed by atoms with E-state index in [1.807, 2.05) is 43.9 Å². The van der Waals surface area contributed by atoms with Gasteiger partial charge in [0, 0.05) is 44.3 Å². The van der Waals surface area contributed by atoms with Crippen LogP contribution in [0.25, 0.3) is 0 Å². The molecule has 0 atom stereocenters. The summed E-state index contributed by atoms with van der Waals surface area (Å²) in [6.45, 7) is 9.50. The van der Waals surface area contributed by atoms with Crippen LogP contribution in [0.3, 0.4) is 0 Å². The molecule has 1 aliphatic heterocycles. The molecule has 25 heavy (non-hydrogen) atoms. The van der Waals surface area contributed by atoms with E-state index in [-0.39, 0.29) is 35.4 Å². The van der Waals surface area contributed by atoms with Gasteiger partial charge in [0.2, 0.25) is 5.91 Å². The molecule has 1 fully saturated rings. The number of nitrogens with two attached hydrogens (primary N) is 1. The van der Waals surface area contributed by atoms with Crippen LogP contribution in [-0.2, 0) is 4.79 Å². The van der Waals surface area contributed by atoms with E-state index in [4.69, 9.17) is 5.73 Å². The van der Waals surface area contributed by atoms with Crippen LogP contribution >= 0.6 is 24.0 Å². The number of aliphatic imine (C=N–C) groups is 1. The second-order valence-electron chi connectivity index (χ2n) is 6.95. The molecule has 0 saturated carbocycles. The summed E-state index contributed by atoms with van der Waals surface area (Å²) in [4.78, 5) is 24.9. The van der Waals surface area contributed by atoms with E-state index in [1.165, 1.54) is 0 Å². The van der Waals surface area contributed by atoms with Crippen LogP contribution in [-0.4, -0.2) is 60.0 Å². The SMILES string of the molecule is CC(C)(C)NC(N)=NCCC(=O)N1CCN(c2ccccn2)CC1.I. The Morgan fingerprint density at radius 3 is 2.52 bits per heavy atom. The Morgan fingerprint density at radius 2 is 1.96 bits per heavy atom. The lowest BCUT2D eigenvalue weighted by molar-refractivity contribution is -0.131. The van der Waals surface area contributed by atoms with Crippen LogP contribution in [0.4, 0.5) is 5.82 Å². The smallest absolute Gasteiger partial charge is 0.224 e. The highest BCUT2D eigenvalue weighted by atomic mass is 127. The number of pyridine rings is 1. The molecule has 0 radical (unpaired) electrons. The summed E-state index contributed by atoms with van der Waals surface area (Å²) >= 11 is 0. The molecular formula is C17H29IN6O. The molecule has 0 unspecified atom stereocenters. The number of amides is 1. The van der Waals surface area contributed by atoms with Crippen molar-refractivity contribution in [3.63, 3.8) is 0 Å². The fourth-order valence-electron chi connectivity index (χ4n) is 2.58. The van der Waals surface area contributed by atoms with Gasteiger partial charge in [-0.3, -0.25) is 9.79 Å². The lowest BCUT2D eigenvalue weighted by atomic mass is 10.1. The third-order valence-corrected chi connectivity index (χ3v) is 3.72. The minimum atomic E-state index is -0.126. The van der Waals surface area contributed by atoms with Gasteiger partial charge in [0.05, 0.1) is 6.54 Å². The van der Waals surface area contributed by atoms with E-state index in [1.54, 1.807) is 6.20 Å². The highest BCUT2D eigenvalue weighted by Gasteiger charge is 2.21. The molecule has 3 N–H and O–H groups in total. The normalized spacial score (nSPS) is 15.6. The number of guanidine groups is 1. The molecule has 8 heteroatoms. The minimum absolute atomic E-state index is 0. The standard InChI is InChI=1S/C17H28N6O.HI/c1-17(2,3)21-16(18)20-9-7-15(24)23-12-10-22(11-13-23)14-6-4-5-8-19-14;/h4-6,8H,7,9-13H2,1-3H3,(H3,18,20,21);1H. The molecular weight excluding hydrogens is 431 g/mol. The second kappa shape index (κ2) is 9.79. The largest absolute Gasteiger partial charge is 0.370 e. The molecule has 2 heterocycles. The van der Waals surface area contributed by atoms with E-state index >= 15 is 0 Å². The van der Waals surface area contributed by atoms with Gasteiger partial charge in [-0.15, -0.1) is 24.0 Å². The van der Waals surface area contributed by atoms with Gasteiger partial charge >= 0.3 is 0 Å². The third kappa shape index (κ3) is 7.45. The van der Waals surface area contributed by atoms with Crippen LogP contribution in [0.5, 0.6) is 0 Å². The van der Waals surface area contributed by atoms with Crippen LogP contribution in [0, 0.1) is 0 Å². The maximum Gasteiger partial charge on any atom is 0.224 e. The van der Waals surface area contributed by atoms with E-state index in [0.29, 0.717) is 18.9 Å². The number of carbonyl (C=O) groups is 1. The fraction of sp³-hybridized carbons (Fsp3) is 0.588. The number of anilines is 1. The van der Waals surface area contributed by atoms with Crippen molar-refractivity contribution in [2.75, 3.05) is 37.6 Å². The average molecular weight is 460 g/mol. The number of rotatable bonds is 4. The van der Waals surface area contributed by atoms with Crippen molar-refractivity contribution in [2.45, 2.75) is 32.7 Å². The third-order valence-electron chi connectivity index (χ3n) is 3.72. The van der Waals surface area contributed by atoms with Gasteiger partial charge in [-0.2, -0.15) is 0 Å². The number of hydrogen-bond acceptors (Lipinski definition) is 4. The Bertz CT molecular complexity index is 564. The maximum atomic E-state index is 12.3. The van der Waals surface area contributed by atoms with Crippen molar-refractivity contribution in [1.29, 1.82) is 0 Å². The lowest BCUT2D eigenvalue weighted by Crippen LogP contribution is -2.49. The van der Waals surface area contributed by atoms with E-state index in [0.717, 1.165) is 32.0 Å². The molecule has 1 amide bonds. The molecule has 1 saturated heterocycles. The number of nitrogens with one attached hydrogen (secondary N) is 1. The predicted molar refractivity (Wildman–Crippen MR) is 112 cm³/mol. The molecule has 7 nitrogen and oxygen atoms in total. The molecule has 140 valence electrons. The number of carbonyl (C=O) groups excluding carboxylic acids is 1. The fourth-order valence-corrected chi connectivity index (χ4v) is 2.58. The second-order valence-corrected chi connectivity index (χ2v) is 6.95. The van der Waals surface area contributed by atoms with E-state index in [2.05, 4.69) is 20.2 Å². The van der Waals surface area contributed by atoms with Gasteiger partial charge in [-0.05, 0) is 32.9 Å². The molecule has 0 aliphatic carbocycles. The summed E-state index contributed by atoms with van der Waals surface area (Å²) < 4.78 is 0. The summed E-state index contributed by atoms with van der Waals surface area (Å²) in [6, 6.07) is 5.88. The molecule has 1 aliphatic rings. The van der Waals surface area contributed by atoms with Crippen molar-refractivity contribution >= 4 is 41.7 Å².